The Bertz CT molecular complexity index is 413. The van der Waals surface area contributed by atoms with Crippen LogP contribution in [0.25, 0.3) is 0 Å². The van der Waals surface area contributed by atoms with Crippen molar-refractivity contribution in [2.45, 2.75) is 6.92 Å². The number of thiophene rings is 1. The zero-order valence-corrected chi connectivity index (χ0v) is 8.67. The molecule has 0 saturated carbocycles. The molecular weight excluding hydrogens is 220 g/mol. The highest BCUT2D eigenvalue weighted by atomic mass is 32.1. The van der Waals surface area contributed by atoms with Gasteiger partial charge in [-0.3, -0.25) is 19.7 Å². The Morgan fingerprint density at radius 3 is 2.67 bits per heavy atom. The van der Waals surface area contributed by atoms with Gasteiger partial charge in [-0.15, -0.1) is 0 Å². The lowest BCUT2D eigenvalue weighted by Crippen LogP contribution is -2.27. The molecule has 0 radical (unpaired) electrons. The molecule has 0 bridgehead atoms. The van der Waals surface area contributed by atoms with Crippen molar-refractivity contribution in [2.24, 2.45) is 0 Å². The van der Waals surface area contributed by atoms with Gasteiger partial charge in [0.2, 0.25) is 0 Å². The Morgan fingerprint density at radius 1 is 1.53 bits per heavy atom. The molecule has 1 rings (SSSR count). The molecule has 0 saturated heterocycles. The van der Waals surface area contributed by atoms with Gasteiger partial charge in [-0.1, -0.05) is 11.3 Å². The smallest absolute Gasteiger partial charge is 0.324 e. The van der Waals surface area contributed by atoms with Crippen LogP contribution in [0.2, 0.25) is 0 Å². The van der Waals surface area contributed by atoms with Crippen LogP contribution in [0.5, 0.6) is 0 Å². The summed E-state index contributed by atoms with van der Waals surface area (Å²) >= 11 is 0.778. The molecule has 7 heteroatoms. The lowest BCUT2D eigenvalue weighted by Gasteiger charge is -1.98. The van der Waals surface area contributed by atoms with Gasteiger partial charge in [0.05, 0.1) is 16.3 Å². The van der Waals surface area contributed by atoms with Crippen LogP contribution in [0.4, 0.5) is 5.00 Å². The molecule has 0 spiro atoms. The van der Waals surface area contributed by atoms with Crippen molar-refractivity contribution in [3.8, 4) is 0 Å². The maximum Gasteiger partial charge on any atom is 0.324 e. The van der Waals surface area contributed by atoms with Crippen molar-refractivity contribution in [1.29, 1.82) is 0 Å². The molecular formula is C8H8N2O4S. The van der Waals surface area contributed by atoms with Crippen molar-refractivity contribution in [1.82, 2.24) is 5.32 Å². The molecule has 6 nitrogen and oxygen atoms in total. The first kappa shape index (κ1) is 11.3. The lowest BCUT2D eigenvalue weighted by molar-refractivity contribution is -0.380. The number of carbonyl (C=O) groups is 2. The van der Waals surface area contributed by atoms with E-state index in [0.29, 0.717) is 0 Å². The predicted octanol–water partition coefficient (Wildman–Crippen LogP) is 0.975. The van der Waals surface area contributed by atoms with Crippen molar-refractivity contribution < 1.29 is 14.5 Å². The molecule has 1 aromatic heterocycles. The number of nitrogens with zero attached hydrogens (tertiary/aromatic N) is 1. The molecule has 0 unspecified atom stereocenters. The Balaban J connectivity index is 2.66. The fourth-order valence-electron chi connectivity index (χ4n) is 0.840. The summed E-state index contributed by atoms with van der Waals surface area (Å²) in [6.45, 7) is 1.28. The van der Waals surface area contributed by atoms with Crippen molar-refractivity contribution in [2.75, 3.05) is 6.54 Å². The maximum absolute atomic E-state index is 11.3. The van der Waals surface area contributed by atoms with Crippen LogP contribution in [-0.4, -0.2) is 23.2 Å². The van der Waals surface area contributed by atoms with E-state index in [4.69, 9.17) is 0 Å². The molecule has 1 heterocycles. The van der Waals surface area contributed by atoms with Crippen molar-refractivity contribution in [3.05, 3.63) is 27.1 Å². The Hall–Kier alpha value is -1.76. The van der Waals surface area contributed by atoms with Gasteiger partial charge >= 0.3 is 5.00 Å². The van der Waals surface area contributed by atoms with Crippen LogP contribution in [0.15, 0.2) is 12.1 Å². The molecule has 80 valence electrons. The first-order valence-electron chi connectivity index (χ1n) is 4.02. The summed E-state index contributed by atoms with van der Waals surface area (Å²) in [5.41, 5.74) is 0. The fraction of sp³-hybridized carbons (Fsp3) is 0.250. The Morgan fingerprint density at radius 2 is 2.20 bits per heavy atom. The molecule has 0 atom stereocenters. The quantitative estimate of drug-likeness (QED) is 0.614. The van der Waals surface area contributed by atoms with E-state index < -0.39 is 10.8 Å². The first-order valence-corrected chi connectivity index (χ1v) is 4.84. The number of ketones is 1. The van der Waals surface area contributed by atoms with Gasteiger partial charge < -0.3 is 5.32 Å². The molecule has 15 heavy (non-hydrogen) atoms. The van der Waals surface area contributed by atoms with E-state index in [1.165, 1.54) is 19.1 Å². The van der Waals surface area contributed by atoms with E-state index in [9.17, 15) is 19.7 Å². The van der Waals surface area contributed by atoms with Crippen LogP contribution >= 0.6 is 11.3 Å². The van der Waals surface area contributed by atoms with Gasteiger partial charge in [-0.2, -0.15) is 0 Å². The largest absolute Gasteiger partial charge is 0.344 e. The van der Waals surface area contributed by atoms with Crippen LogP contribution < -0.4 is 5.32 Å². The van der Waals surface area contributed by atoms with Gasteiger partial charge in [-0.05, 0) is 13.0 Å². The van der Waals surface area contributed by atoms with Crippen LogP contribution in [0, 0.1) is 10.1 Å². The van der Waals surface area contributed by atoms with E-state index in [-0.39, 0.29) is 22.2 Å². The molecule has 0 aliphatic heterocycles. The highest BCUT2D eigenvalue weighted by molar-refractivity contribution is 7.17. The molecule has 0 aliphatic rings. The number of nitrogens with one attached hydrogen (secondary N) is 1. The average molecular weight is 228 g/mol. The van der Waals surface area contributed by atoms with Crippen LogP contribution in [0.3, 0.4) is 0 Å². The molecule has 1 amide bonds. The molecule has 0 aliphatic carbocycles. The van der Waals surface area contributed by atoms with Crippen molar-refractivity contribution in [3.63, 3.8) is 0 Å². The normalized spacial score (nSPS) is 9.67. The van der Waals surface area contributed by atoms with E-state index >= 15 is 0 Å². The second-order valence-electron chi connectivity index (χ2n) is 2.78. The number of nitro groups is 1. The highest BCUT2D eigenvalue weighted by Gasteiger charge is 2.14. The second kappa shape index (κ2) is 4.65. The summed E-state index contributed by atoms with van der Waals surface area (Å²) < 4.78 is 0. The summed E-state index contributed by atoms with van der Waals surface area (Å²) in [5.74, 6) is -0.641. The standard InChI is InChI=1S/C8H8N2O4S/c1-5(11)4-9-8(12)6-2-3-7(15-6)10(13)14/h2-3H,4H2,1H3,(H,9,12). The minimum atomic E-state index is -0.563. The Kier molecular flexibility index (Phi) is 3.51. The van der Waals surface area contributed by atoms with Gasteiger partial charge in [0.1, 0.15) is 5.78 Å². The zero-order chi connectivity index (χ0) is 11.4. The number of rotatable bonds is 4. The van der Waals surface area contributed by atoms with Gasteiger partial charge in [0.25, 0.3) is 5.91 Å². The molecule has 0 aromatic carbocycles. The summed E-state index contributed by atoms with van der Waals surface area (Å²) in [6.07, 6.45) is 0. The zero-order valence-electron chi connectivity index (χ0n) is 7.85. The third-order valence-electron chi connectivity index (χ3n) is 1.49. The number of Topliss-reactive ketones (excluding diaryl/α,β-unsaturated/α-hetero) is 1. The van der Waals surface area contributed by atoms with Gasteiger partial charge in [0, 0.05) is 6.07 Å². The summed E-state index contributed by atoms with van der Waals surface area (Å²) in [4.78, 5) is 31.9. The summed E-state index contributed by atoms with van der Waals surface area (Å²) in [7, 11) is 0. The minimum absolute atomic E-state index is 0.0649. The van der Waals surface area contributed by atoms with Gasteiger partial charge in [-0.25, -0.2) is 0 Å². The van der Waals surface area contributed by atoms with Crippen LogP contribution in [0.1, 0.15) is 16.6 Å². The van der Waals surface area contributed by atoms with Crippen LogP contribution in [-0.2, 0) is 4.79 Å². The lowest BCUT2D eigenvalue weighted by atomic mass is 10.4. The predicted molar refractivity (Wildman–Crippen MR) is 54.0 cm³/mol. The first-order chi connectivity index (χ1) is 7.00. The van der Waals surface area contributed by atoms with E-state index in [2.05, 4.69) is 5.32 Å². The van der Waals surface area contributed by atoms with Gasteiger partial charge in [0.15, 0.2) is 0 Å². The van der Waals surface area contributed by atoms with E-state index in [1.54, 1.807) is 0 Å². The summed E-state index contributed by atoms with van der Waals surface area (Å²) in [6, 6.07) is 2.62. The average Bonchev–Trinajstić information content (AvgIpc) is 2.62. The topological polar surface area (TPSA) is 89.3 Å². The number of hydrogen-bond acceptors (Lipinski definition) is 5. The molecule has 0 fully saturated rings. The maximum atomic E-state index is 11.3. The monoisotopic (exact) mass is 228 g/mol. The second-order valence-corrected chi connectivity index (χ2v) is 3.84. The van der Waals surface area contributed by atoms with Crippen molar-refractivity contribution >= 4 is 28.0 Å². The van der Waals surface area contributed by atoms with E-state index in [0.717, 1.165) is 11.3 Å². The number of hydrogen-bond donors (Lipinski definition) is 1. The number of amides is 1. The third kappa shape index (κ3) is 3.13. The SMILES string of the molecule is CC(=O)CNC(=O)c1ccc([N+](=O)[O-])s1. The Labute approximate surface area is 89.1 Å². The highest BCUT2D eigenvalue weighted by Crippen LogP contribution is 2.23. The summed E-state index contributed by atoms with van der Waals surface area (Å²) in [5, 5.41) is 12.6. The minimum Gasteiger partial charge on any atom is -0.344 e. The third-order valence-corrected chi connectivity index (χ3v) is 2.53. The van der Waals surface area contributed by atoms with E-state index in [1.807, 2.05) is 0 Å². The molecule has 1 N–H and O–H groups in total. The number of carbonyl (C=O) groups excluding carboxylic acids is 2. The molecule has 1 aromatic rings. The fourth-order valence-corrected chi connectivity index (χ4v) is 1.58.